The van der Waals surface area contributed by atoms with Gasteiger partial charge in [0, 0.05) is 5.25 Å². The summed E-state index contributed by atoms with van der Waals surface area (Å²) in [5.41, 5.74) is 1.46. The van der Waals surface area contributed by atoms with Crippen molar-refractivity contribution in [3.05, 3.63) is 35.9 Å². The first-order valence-corrected chi connectivity index (χ1v) is 7.14. The summed E-state index contributed by atoms with van der Waals surface area (Å²) < 4.78 is 0. The van der Waals surface area contributed by atoms with Crippen LogP contribution in [0.2, 0.25) is 0 Å². The first-order chi connectivity index (χ1) is 7.75. The van der Waals surface area contributed by atoms with Crippen molar-refractivity contribution in [1.29, 1.82) is 0 Å². The number of hydrogen-bond acceptors (Lipinski definition) is 2. The molecule has 1 aliphatic heterocycles. The summed E-state index contributed by atoms with van der Waals surface area (Å²) in [7, 11) is 0. The summed E-state index contributed by atoms with van der Waals surface area (Å²) in [6.07, 6.45) is 2.54. The predicted octanol–water partition coefficient (Wildman–Crippen LogP) is 3.62. The van der Waals surface area contributed by atoms with Gasteiger partial charge in [0.2, 0.25) is 0 Å². The Kier molecular flexibility index (Phi) is 4.30. The lowest BCUT2D eigenvalue weighted by Crippen LogP contribution is -2.35. The van der Waals surface area contributed by atoms with Gasteiger partial charge < -0.3 is 5.32 Å². The Hall–Kier alpha value is -0.470. The van der Waals surface area contributed by atoms with Crippen LogP contribution in [0.4, 0.5) is 0 Å². The molecule has 16 heavy (non-hydrogen) atoms. The van der Waals surface area contributed by atoms with Gasteiger partial charge in [0.25, 0.3) is 0 Å². The molecule has 1 nitrogen and oxygen atoms in total. The molecule has 1 aliphatic rings. The first kappa shape index (κ1) is 12.0. The normalized spacial score (nSPS) is 27.6. The summed E-state index contributed by atoms with van der Waals surface area (Å²) in [5, 5.41) is 5.07. The fourth-order valence-electron chi connectivity index (χ4n) is 2.22. The fraction of sp³-hybridized carbons (Fsp3) is 0.571. The van der Waals surface area contributed by atoms with Crippen molar-refractivity contribution in [2.75, 3.05) is 6.54 Å². The van der Waals surface area contributed by atoms with E-state index in [1.807, 2.05) is 0 Å². The maximum atomic E-state index is 3.61. The van der Waals surface area contributed by atoms with Gasteiger partial charge in [0.1, 0.15) is 0 Å². The van der Waals surface area contributed by atoms with Gasteiger partial charge in [-0.3, -0.25) is 0 Å². The van der Waals surface area contributed by atoms with Crippen LogP contribution >= 0.6 is 11.8 Å². The number of nitrogens with one attached hydrogen (secondary N) is 1. The molecular weight excluding hydrogens is 214 g/mol. The molecule has 0 radical (unpaired) electrons. The molecule has 0 aromatic heterocycles. The molecule has 0 spiro atoms. The molecule has 1 saturated heterocycles. The van der Waals surface area contributed by atoms with Crippen LogP contribution in [0.5, 0.6) is 0 Å². The Labute approximate surface area is 103 Å². The van der Waals surface area contributed by atoms with Crippen molar-refractivity contribution >= 4 is 11.8 Å². The Morgan fingerprint density at radius 1 is 1.38 bits per heavy atom. The highest BCUT2D eigenvalue weighted by Crippen LogP contribution is 2.30. The van der Waals surface area contributed by atoms with Gasteiger partial charge in [-0.05, 0) is 30.9 Å². The molecule has 3 unspecified atom stereocenters. The van der Waals surface area contributed by atoms with Crippen molar-refractivity contribution < 1.29 is 0 Å². The van der Waals surface area contributed by atoms with Crippen LogP contribution in [0.25, 0.3) is 0 Å². The molecule has 0 saturated carbocycles. The highest BCUT2D eigenvalue weighted by atomic mass is 32.2. The molecule has 88 valence electrons. The summed E-state index contributed by atoms with van der Waals surface area (Å²) in [4.78, 5) is 0. The average Bonchev–Trinajstić information content (AvgIpc) is 2.30. The lowest BCUT2D eigenvalue weighted by Gasteiger charge is -2.29. The monoisotopic (exact) mass is 235 g/mol. The van der Waals surface area contributed by atoms with Gasteiger partial charge >= 0.3 is 0 Å². The molecule has 0 amide bonds. The van der Waals surface area contributed by atoms with Crippen LogP contribution < -0.4 is 5.32 Å². The minimum Gasteiger partial charge on any atom is -0.305 e. The van der Waals surface area contributed by atoms with E-state index in [9.17, 15) is 0 Å². The largest absolute Gasteiger partial charge is 0.305 e. The van der Waals surface area contributed by atoms with E-state index in [1.54, 1.807) is 0 Å². The van der Waals surface area contributed by atoms with E-state index in [0.717, 1.165) is 5.25 Å². The third-order valence-corrected chi connectivity index (χ3v) is 4.64. The van der Waals surface area contributed by atoms with E-state index in [4.69, 9.17) is 0 Å². The zero-order valence-electron chi connectivity index (χ0n) is 10.1. The van der Waals surface area contributed by atoms with Crippen molar-refractivity contribution in [3.63, 3.8) is 0 Å². The smallest absolute Gasteiger partial charge is 0.0540 e. The number of hydrogen-bond donors (Lipinski definition) is 1. The molecule has 2 heteroatoms. The second-order valence-electron chi connectivity index (χ2n) is 4.73. The van der Waals surface area contributed by atoms with E-state index in [2.05, 4.69) is 61.3 Å². The topological polar surface area (TPSA) is 12.0 Å². The van der Waals surface area contributed by atoms with E-state index >= 15 is 0 Å². The highest BCUT2D eigenvalue weighted by Gasteiger charge is 2.20. The summed E-state index contributed by atoms with van der Waals surface area (Å²) in [6.45, 7) is 5.85. The Balaban J connectivity index is 1.89. The van der Waals surface area contributed by atoms with Crippen molar-refractivity contribution in [1.82, 2.24) is 5.32 Å². The molecule has 1 aromatic carbocycles. The minimum absolute atomic E-state index is 0.638. The number of rotatable bonds is 3. The molecule has 1 aromatic rings. The number of benzene rings is 1. The van der Waals surface area contributed by atoms with Gasteiger partial charge in [-0.1, -0.05) is 44.2 Å². The van der Waals surface area contributed by atoms with E-state index in [1.165, 1.54) is 24.9 Å². The number of thioether (sulfide) groups is 1. The standard InChI is InChI=1S/C14H21NS/c1-11(13-6-4-3-5-7-13)10-14-15-9-8-12(2)16-14/h3-7,11-12,14-15H,8-10H2,1-2H3. The second kappa shape index (κ2) is 5.74. The molecule has 3 atom stereocenters. The van der Waals surface area contributed by atoms with E-state index in [-0.39, 0.29) is 0 Å². The van der Waals surface area contributed by atoms with Crippen molar-refractivity contribution in [2.24, 2.45) is 0 Å². The van der Waals surface area contributed by atoms with Gasteiger partial charge in [-0.2, -0.15) is 0 Å². The first-order valence-electron chi connectivity index (χ1n) is 6.19. The molecule has 0 aliphatic carbocycles. The summed E-state index contributed by atoms with van der Waals surface area (Å²) >= 11 is 2.10. The third-order valence-electron chi connectivity index (χ3n) is 3.26. The quantitative estimate of drug-likeness (QED) is 0.858. The predicted molar refractivity (Wildman–Crippen MR) is 72.9 cm³/mol. The van der Waals surface area contributed by atoms with Gasteiger partial charge in [0.05, 0.1) is 5.37 Å². The zero-order chi connectivity index (χ0) is 11.4. The van der Waals surface area contributed by atoms with Gasteiger partial charge in [-0.15, -0.1) is 11.8 Å². The third kappa shape index (κ3) is 3.26. The molecule has 1 N–H and O–H groups in total. The van der Waals surface area contributed by atoms with Crippen LogP contribution in [0.3, 0.4) is 0 Å². The van der Waals surface area contributed by atoms with Crippen LogP contribution in [0, 0.1) is 0 Å². The SMILES string of the molecule is CC1CCNC(CC(C)c2ccccc2)S1. The van der Waals surface area contributed by atoms with Crippen LogP contribution in [0.1, 0.15) is 38.2 Å². The van der Waals surface area contributed by atoms with E-state index < -0.39 is 0 Å². The zero-order valence-corrected chi connectivity index (χ0v) is 11.0. The maximum absolute atomic E-state index is 3.61. The average molecular weight is 235 g/mol. The van der Waals surface area contributed by atoms with Crippen LogP contribution in [0.15, 0.2) is 30.3 Å². The molecule has 0 bridgehead atoms. The molecule has 1 heterocycles. The van der Waals surface area contributed by atoms with Gasteiger partial charge in [0.15, 0.2) is 0 Å². The molecule has 2 rings (SSSR count). The highest BCUT2D eigenvalue weighted by molar-refractivity contribution is 8.00. The van der Waals surface area contributed by atoms with Crippen LogP contribution in [-0.4, -0.2) is 17.2 Å². The fourth-order valence-corrected chi connectivity index (χ4v) is 3.65. The van der Waals surface area contributed by atoms with Crippen molar-refractivity contribution in [2.45, 2.75) is 43.2 Å². The van der Waals surface area contributed by atoms with Crippen LogP contribution in [-0.2, 0) is 0 Å². The Morgan fingerprint density at radius 2 is 2.12 bits per heavy atom. The van der Waals surface area contributed by atoms with Crippen molar-refractivity contribution in [3.8, 4) is 0 Å². The Bertz CT molecular complexity index is 312. The summed E-state index contributed by atoms with van der Waals surface area (Å²) in [6, 6.07) is 10.8. The molecular formula is C14H21NS. The minimum atomic E-state index is 0.638. The second-order valence-corrected chi connectivity index (χ2v) is 6.37. The lowest BCUT2D eigenvalue weighted by atomic mass is 9.98. The van der Waals surface area contributed by atoms with Gasteiger partial charge in [-0.25, -0.2) is 0 Å². The lowest BCUT2D eigenvalue weighted by molar-refractivity contribution is 0.528. The maximum Gasteiger partial charge on any atom is 0.0540 e. The van der Waals surface area contributed by atoms with E-state index in [0.29, 0.717) is 11.3 Å². The molecule has 1 fully saturated rings. The summed E-state index contributed by atoms with van der Waals surface area (Å²) in [5.74, 6) is 0.650. The Morgan fingerprint density at radius 3 is 2.81 bits per heavy atom.